The lowest BCUT2D eigenvalue weighted by atomic mass is 10.1. The lowest BCUT2D eigenvalue weighted by molar-refractivity contribution is 0.0585. The first-order valence-corrected chi connectivity index (χ1v) is 8.06. The second kappa shape index (κ2) is 6.41. The SMILES string of the molecule is O=C(c1cnc2nccn2c1)N1CCOC(c2ccccc2)CC1. The van der Waals surface area contributed by atoms with Gasteiger partial charge >= 0.3 is 0 Å². The van der Waals surface area contributed by atoms with Crippen LogP contribution in [0.25, 0.3) is 5.78 Å². The minimum absolute atomic E-state index is 0.0181. The number of carbonyl (C=O) groups excluding carboxylic acids is 1. The van der Waals surface area contributed by atoms with E-state index in [1.54, 1.807) is 29.2 Å². The molecule has 1 unspecified atom stereocenters. The summed E-state index contributed by atoms with van der Waals surface area (Å²) in [6.07, 6.45) is 7.65. The van der Waals surface area contributed by atoms with Crippen molar-refractivity contribution < 1.29 is 9.53 Å². The third-order valence-electron chi connectivity index (χ3n) is 4.29. The van der Waals surface area contributed by atoms with Crippen molar-refractivity contribution in [2.45, 2.75) is 12.5 Å². The van der Waals surface area contributed by atoms with Crippen molar-refractivity contribution in [1.82, 2.24) is 19.3 Å². The number of rotatable bonds is 2. The fourth-order valence-corrected chi connectivity index (χ4v) is 3.02. The number of imidazole rings is 1. The molecule has 6 nitrogen and oxygen atoms in total. The molecule has 0 aliphatic carbocycles. The molecule has 1 amide bonds. The quantitative estimate of drug-likeness (QED) is 0.726. The molecule has 1 aliphatic rings. The Morgan fingerprint density at radius 2 is 2.04 bits per heavy atom. The number of carbonyl (C=O) groups is 1. The summed E-state index contributed by atoms with van der Waals surface area (Å²) in [6.45, 7) is 1.79. The van der Waals surface area contributed by atoms with Gasteiger partial charge in [0.15, 0.2) is 0 Å². The van der Waals surface area contributed by atoms with E-state index in [-0.39, 0.29) is 12.0 Å². The van der Waals surface area contributed by atoms with E-state index in [0.29, 0.717) is 31.0 Å². The molecule has 0 bridgehead atoms. The summed E-state index contributed by atoms with van der Waals surface area (Å²) in [5, 5.41) is 0. The molecule has 3 aromatic rings. The van der Waals surface area contributed by atoms with Crippen LogP contribution in [0.15, 0.2) is 55.1 Å². The zero-order chi connectivity index (χ0) is 16.4. The molecule has 1 fully saturated rings. The molecule has 0 saturated carbocycles. The van der Waals surface area contributed by atoms with Gasteiger partial charge in [-0.1, -0.05) is 30.3 Å². The molecule has 1 saturated heterocycles. The zero-order valence-corrected chi connectivity index (χ0v) is 13.2. The van der Waals surface area contributed by atoms with Crippen molar-refractivity contribution in [3.8, 4) is 0 Å². The molecule has 0 N–H and O–H groups in total. The van der Waals surface area contributed by atoms with E-state index in [0.717, 1.165) is 12.0 Å². The van der Waals surface area contributed by atoms with E-state index in [1.807, 2.05) is 23.1 Å². The van der Waals surface area contributed by atoms with Gasteiger partial charge in [0.25, 0.3) is 5.91 Å². The van der Waals surface area contributed by atoms with Gasteiger partial charge in [-0.25, -0.2) is 9.97 Å². The second-order valence-corrected chi connectivity index (χ2v) is 5.83. The van der Waals surface area contributed by atoms with Crippen molar-refractivity contribution in [2.24, 2.45) is 0 Å². The Morgan fingerprint density at radius 3 is 2.92 bits per heavy atom. The molecule has 122 valence electrons. The highest BCUT2D eigenvalue weighted by Gasteiger charge is 2.23. The molecular formula is C18H18N4O2. The summed E-state index contributed by atoms with van der Waals surface area (Å²) >= 11 is 0. The molecule has 3 heterocycles. The monoisotopic (exact) mass is 322 g/mol. The van der Waals surface area contributed by atoms with Crippen LogP contribution < -0.4 is 0 Å². The van der Waals surface area contributed by atoms with Crippen LogP contribution in [0.5, 0.6) is 0 Å². The van der Waals surface area contributed by atoms with Gasteiger partial charge in [0.1, 0.15) is 0 Å². The highest BCUT2D eigenvalue weighted by Crippen LogP contribution is 2.24. The first kappa shape index (κ1) is 14.8. The number of amides is 1. The maximum atomic E-state index is 12.8. The first-order chi connectivity index (χ1) is 11.8. The van der Waals surface area contributed by atoms with E-state index in [1.165, 1.54) is 0 Å². The van der Waals surface area contributed by atoms with Crippen molar-refractivity contribution in [3.63, 3.8) is 0 Å². The molecule has 1 aromatic carbocycles. The van der Waals surface area contributed by atoms with Crippen LogP contribution in [0.2, 0.25) is 0 Å². The average molecular weight is 322 g/mol. The molecule has 24 heavy (non-hydrogen) atoms. The Bertz CT molecular complexity index is 846. The summed E-state index contributed by atoms with van der Waals surface area (Å²) in [4.78, 5) is 22.9. The molecule has 0 radical (unpaired) electrons. The van der Waals surface area contributed by atoms with E-state index in [9.17, 15) is 4.79 Å². The van der Waals surface area contributed by atoms with Gasteiger partial charge in [-0.05, 0) is 12.0 Å². The first-order valence-electron chi connectivity index (χ1n) is 8.06. The van der Waals surface area contributed by atoms with Gasteiger partial charge in [0.05, 0.1) is 18.3 Å². The number of hydrogen-bond acceptors (Lipinski definition) is 4. The Hall–Kier alpha value is -2.73. The lowest BCUT2D eigenvalue weighted by Gasteiger charge is -2.19. The molecule has 6 heteroatoms. The average Bonchev–Trinajstić information content (AvgIpc) is 2.96. The third-order valence-corrected chi connectivity index (χ3v) is 4.29. The Balaban J connectivity index is 1.49. The summed E-state index contributed by atoms with van der Waals surface area (Å²) in [7, 11) is 0. The van der Waals surface area contributed by atoms with Crippen LogP contribution in [-0.2, 0) is 4.74 Å². The largest absolute Gasteiger partial charge is 0.372 e. The highest BCUT2D eigenvalue weighted by atomic mass is 16.5. The van der Waals surface area contributed by atoms with E-state index in [4.69, 9.17) is 4.74 Å². The number of nitrogens with zero attached hydrogens (tertiary/aromatic N) is 4. The van der Waals surface area contributed by atoms with Crippen LogP contribution >= 0.6 is 0 Å². The number of fused-ring (bicyclic) bond motifs is 1. The van der Waals surface area contributed by atoms with Crippen molar-refractivity contribution >= 4 is 11.7 Å². The lowest BCUT2D eigenvalue weighted by Crippen LogP contribution is -2.33. The number of aromatic nitrogens is 3. The smallest absolute Gasteiger partial charge is 0.257 e. The van der Waals surface area contributed by atoms with E-state index in [2.05, 4.69) is 22.1 Å². The Morgan fingerprint density at radius 1 is 1.17 bits per heavy atom. The molecule has 2 aromatic heterocycles. The van der Waals surface area contributed by atoms with Gasteiger partial charge in [0, 0.05) is 37.9 Å². The predicted octanol–water partition coefficient (Wildman–Crippen LogP) is 2.33. The summed E-state index contributed by atoms with van der Waals surface area (Å²) in [5.41, 5.74) is 1.73. The molecule has 1 aliphatic heterocycles. The van der Waals surface area contributed by atoms with Crippen molar-refractivity contribution in [1.29, 1.82) is 0 Å². The molecular weight excluding hydrogens is 304 g/mol. The highest BCUT2D eigenvalue weighted by molar-refractivity contribution is 5.93. The number of ether oxygens (including phenoxy) is 1. The Labute approximate surface area is 139 Å². The van der Waals surface area contributed by atoms with Crippen molar-refractivity contribution in [3.05, 3.63) is 66.2 Å². The molecule has 0 spiro atoms. The summed E-state index contributed by atoms with van der Waals surface area (Å²) in [6, 6.07) is 10.2. The second-order valence-electron chi connectivity index (χ2n) is 5.83. The summed E-state index contributed by atoms with van der Waals surface area (Å²) < 4.78 is 7.70. The van der Waals surface area contributed by atoms with Crippen LogP contribution in [-0.4, -0.2) is 44.9 Å². The molecule has 4 rings (SSSR count). The zero-order valence-electron chi connectivity index (χ0n) is 13.2. The third kappa shape index (κ3) is 2.88. The van der Waals surface area contributed by atoms with Gasteiger partial charge in [0.2, 0.25) is 5.78 Å². The predicted molar refractivity (Wildman–Crippen MR) is 88.6 cm³/mol. The van der Waals surface area contributed by atoms with Gasteiger partial charge in [-0.3, -0.25) is 9.20 Å². The minimum atomic E-state index is -0.0181. The number of benzene rings is 1. The van der Waals surface area contributed by atoms with Crippen LogP contribution in [0.3, 0.4) is 0 Å². The normalized spacial score (nSPS) is 18.5. The maximum Gasteiger partial charge on any atom is 0.257 e. The fraction of sp³-hybridized carbons (Fsp3) is 0.278. The standard InChI is InChI=1S/C18H18N4O2/c23-17(15-12-20-18-19-7-9-22(18)13-15)21-8-6-16(24-11-10-21)14-4-2-1-3-5-14/h1-5,7,9,12-13,16H,6,8,10-11H2. The van der Waals surface area contributed by atoms with E-state index >= 15 is 0 Å². The Kier molecular flexibility index (Phi) is 3.96. The van der Waals surface area contributed by atoms with Gasteiger partial charge in [-0.15, -0.1) is 0 Å². The van der Waals surface area contributed by atoms with Gasteiger partial charge in [-0.2, -0.15) is 0 Å². The summed E-state index contributed by atoms with van der Waals surface area (Å²) in [5.74, 6) is 0.574. The van der Waals surface area contributed by atoms with Crippen molar-refractivity contribution in [2.75, 3.05) is 19.7 Å². The minimum Gasteiger partial charge on any atom is -0.372 e. The maximum absolute atomic E-state index is 12.8. The topological polar surface area (TPSA) is 59.7 Å². The van der Waals surface area contributed by atoms with Crippen LogP contribution in [0.4, 0.5) is 0 Å². The molecule has 1 atom stereocenters. The number of hydrogen-bond donors (Lipinski definition) is 0. The van der Waals surface area contributed by atoms with Crippen LogP contribution in [0, 0.1) is 0 Å². The van der Waals surface area contributed by atoms with E-state index < -0.39 is 0 Å². The van der Waals surface area contributed by atoms with Crippen LogP contribution in [0.1, 0.15) is 28.4 Å². The fourth-order valence-electron chi connectivity index (χ4n) is 3.02. The van der Waals surface area contributed by atoms with Gasteiger partial charge < -0.3 is 9.64 Å².